The maximum Gasteiger partial charge on any atom is 0.134 e. The summed E-state index contributed by atoms with van der Waals surface area (Å²) in [5.74, 6) is 0.939. The molecule has 0 fully saturated rings. The quantitative estimate of drug-likeness (QED) is 0.638. The Bertz CT molecular complexity index is 168. The zero-order valence-electron chi connectivity index (χ0n) is 10.6. The molecule has 90 valence electrons. The fraction of sp³-hybridized carbons (Fsp3) is 0.923. The van der Waals surface area contributed by atoms with Gasteiger partial charge in [-0.15, -0.1) is 0 Å². The highest BCUT2D eigenvalue weighted by molar-refractivity contribution is 5.79. The molecule has 0 rings (SSSR count). The fourth-order valence-electron chi connectivity index (χ4n) is 1.79. The van der Waals surface area contributed by atoms with Crippen molar-refractivity contribution in [3.8, 4) is 0 Å². The largest absolute Gasteiger partial charge is 0.327 e. The molecule has 2 atom stereocenters. The lowest BCUT2D eigenvalue weighted by Gasteiger charge is -2.14. The maximum atomic E-state index is 11.7. The van der Waals surface area contributed by atoms with Crippen LogP contribution in [0.4, 0.5) is 0 Å². The van der Waals surface area contributed by atoms with E-state index in [1.54, 1.807) is 0 Å². The molecule has 0 saturated heterocycles. The maximum absolute atomic E-state index is 11.7. The van der Waals surface area contributed by atoms with E-state index in [4.69, 9.17) is 5.73 Å². The van der Waals surface area contributed by atoms with Crippen LogP contribution < -0.4 is 5.73 Å². The van der Waals surface area contributed by atoms with Gasteiger partial charge in [0.15, 0.2) is 0 Å². The Hall–Kier alpha value is -0.370. The summed E-state index contributed by atoms with van der Waals surface area (Å²) in [6.07, 6.45) is 6.98. The monoisotopic (exact) mass is 213 g/mol. The van der Waals surface area contributed by atoms with Crippen LogP contribution in [0.15, 0.2) is 0 Å². The molecule has 2 nitrogen and oxygen atoms in total. The molecule has 2 N–H and O–H groups in total. The van der Waals surface area contributed by atoms with Gasteiger partial charge in [0.2, 0.25) is 0 Å². The van der Waals surface area contributed by atoms with Crippen LogP contribution in [0.1, 0.15) is 65.7 Å². The van der Waals surface area contributed by atoms with E-state index in [1.165, 1.54) is 19.3 Å². The molecule has 0 bridgehead atoms. The molecule has 0 aromatic carbocycles. The summed E-state index contributed by atoms with van der Waals surface area (Å²) in [4.78, 5) is 11.7. The van der Waals surface area contributed by atoms with Crippen LogP contribution in [0.5, 0.6) is 0 Å². The standard InChI is InChI=1S/C13H27NO/c1-4-7-8-11(5-2)9-13(15)10-12(14)6-3/h11-12H,4-10,14H2,1-3H3. The van der Waals surface area contributed by atoms with E-state index < -0.39 is 0 Å². The predicted octanol–water partition coefficient (Wildman–Crippen LogP) is 3.29. The summed E-state index contributed by atoms with van der Waals surface area (Å²) in [6.45, 7) is 6.40. The zero-order chi connectivity index (χ0) is 11.7. The second-order valence-electron chi connectivity index (χ2n) is 4.53. The number of ketones is 1. The summed E-state index contributed by atoms with van der Waals surface area (Å²) in [6, 6.07) is 0.0705. The van der Waals surface area contributed by atoms with Crippen molar-refractivity contribution in [1.82, 2.24) is 0 Å². The third kappa shape index (κ3) is 7.55. The molecule has 2 heteroatoms. The number of hydrogen-bond donors (Lipinski definition) is 1. The molecule has 2 unspecified atom stereocenters. The number of carbonyl (C=O) groups excluding carboxylic acids is 1. The third-order valence-electron chi connectivity index (χ3n) is 3.07. The summed E-state index contributed by atoms with van der Waals surface area (Å²) >= 11 is 0. The van der Waals surface area contributed by atoms with Gasteiger partial charge in [0.25, 0.3) is 0 Å². The van der Waals surface area contributed by atoms with Crippen molar-refractivity contribution >= 4 is 5.78 Å². The van der Waals surface area contributed by atoms with Crippen LogP contribution in [-0.2, 0) is 4.79 Å². The molecule has 0 aliphatic heterocycles. The van der Waals surface area contributed by atoms with Gasteiger partial charge in [-0.25, -0.2) is 0 Å². The minimum atomic E-state index is 0.0705. The summed E-state index contributed by atoms with van der Waals surface area (Å²) in [5, 5.41) is 0. The minimum absolute atomic E-state index is 0.0705. The van der Waals surface area contributed by atoms with Gasteiger partial charge in [0.05, 0.1) is 0 Å². The van der Waals surface area contributed by atoms with E-state index in [-0.39, 0.29) is 6.04 Å². The highest BCUT2D eigenvalue weighted by atomic mass is 16.1. The third-order valence-corrected chi connectivity index (χ3v) is 3.07. The molecule has 0 aliphatic rings. The average Bonchev–Trinajstić information content (AvgIpc) is 2.23. The van der Waals surface area contributed by atoms with Crippen molar-refractivity contribution in [1.29, 1.82) is 0 Å². The van der Waals surface area contributed by atoms with Gasteiger partial charge in [0, 0.05) is 18.9 Å². The Morgan fingerprint density at radius 2 is 1.80 bits per heavy atom. The first-order valence-electron chi connectivity index (χ1n) is 6.41. The van der Waals surface area contributed by atoms with E-state index >= 15 is 0 Å². The lowest BCUT2D eigenvalue weighted by atomic mass is 9.92. The predicted molar refractivity (Wildman–Crippen MR) is 65.8 cm³/mol. The molecule has 0 amide bonds. The number of hydrogen-bond acceptors (Lipinski definition) is 2. The number of carbonyl (C=O) groups is 1. The van der Waals surface area contributed by atoms with E-state index in [0.29, 0.717) is 18.1 Å². The molecule has 0 spiro atoms. The molecule has 0 aromatic rings. The Balaban J connectivity index is 3.79. The number of unbranched alkanes of at least 4 members (excludes halogenated alkanes) is 1. The van der Waals surface area contributed by atoms with Gasteiger partial charge in [-0.05, 0) is 12.3 Å². The van der Waals surface area contributed by atoms with Gasteiger partial charge in [-0.1, -0.05) is 46.5 Å². The van der Waals surface area contributed by atoms with Crippen LogP contribution in [0.2, 0.25) is 0 Å². The number of Topliss-reactive ketones (excluding diaryl/α,β-unsaturated/α-hetero) is 1. The van der Waals surface area contributed by atoms with Gasteiger partial charge < -0.3 is 5.73 Å². The SMILES string of the molecule is CCCCC(CC)CC(=O)CC(N)CC. The smallest absolute Gasteiger partial charge is 0.134 e. The van der Waals surface area contributed by atoms with E-state index in [9.17, 15) is 4.79 Å². The Labute approximate surface area is 94.6 Å². The molecule has 0 radical (unpaired) electrons. The first kappa shape index (κ1) is 14.6. The second kappa shape index (κ2) is 8.90. The van der Waals surface area contributed by atoms with Crippen LogP contribution in [0.3, 0.4) is 0 Å². The van der Waals surface area contributed by atoms with Crippen molar-refractivity contribution in [3.63, 3.8) is 0 Å². The number of nitrogens with two attached hydrogens (primary N) is 1. The van der Waals surface area contributed by atoms with Gasteiger partial charge in [-0.2, -0.15) is 0 Å². The van der Waals surface area contributed by atoms with Crippen molar-refractivity contribution < 1.29 is 4.79 Å². The van der Waals surface area contributed by atoms with Crippen LogP contribution in [0.25, 0.3) is 0 Å². The highest BCUT2D eigenvalue weighted by Gasteiger charge is 2.13. The molecule has 0 aromatic heterocycles. The first-order chi connectivity index (χ1) is 7.13. The fourth-order valence-corrected chi connectivity index (χ4v) is 1.79. The van der Waals surface area contributed by atoms with Gasteiger partial charge in [-0.3, -0.25) is 4.79 Å². The molecular formula is C13H27NO. The summed E-state index contributed by atoms with van der Waals surface area (Å²) < 4.78 is 0. The highest BCUT2D eigenvalue weighted by Crippen LogP contribution is 2.18. The number of rotatable bonds is 9. The van der Waals surface area contributed by atoms with E-state index in [2.05, 4.69) is 13.8 Å². The topological polar surface area (TPSA) is 43.1 Å². The Morgan fingerprint density at radius 3 is 2.27 bits per heavy atom. The zero-order valence-corrected chi connectivity index (χ0v) is 10.6. The Morgan fingerprint density at radius 1 is 1.13 bits per heavy atom. The Kier molecular flexibility index (Phi) is 8.68. The summed E-state index contributed by atoms with van der Waals surface area (Å²) in [5.41, 5.74) is 5.77. The average molecular weight is 213 g/mol. The van der Waals surface area contributed by atoms with Crippen molar-refractivity contribution in [2.24, 2.45) is 11.7 Å². The second-order valence-corrected chi connectivity index (χ2v) is 4.53. The molecule has 0 heterocycles. The molecular weight excluding hydrogens is 186 g/mol. The minimum Gasteiger partial charge on any atom is -0.327 e. The van der Waals surface area contributed by atoms with Crippen LogP contribution in [0, 0.1) is 5.92 Å². The van der Waals surface area contributed by atoms with E-state index in [1.807, 2.05) is 6.92 Å². The van der Waals surface area contributed by atoms with Crippen molar-refractivity contribution in [2.75, 3.05) is 0 Å². The molecule has 0 aliphatic carbocycles. The lowest BCUT2D eigenvalue weighted by Crippen LogP contribution is -2.23. The molecule has 15 heavy (non-hydrogen) atoms. The van der Waals surface area contributed by atoms with Gasteiger partial charge >= 0.3 is 0 Å². The first-order valence-corrected chi connectivity index (χ1v) is 6.41. The van der Waals surface area contributed by atoms with E-state index in [0.717, 1.165) is 19.3 Å². The lowest BCUT2D eigenvalue weighted by molar-refractivity contribution is -0.120. The van der Waals surface area contributed by atoms with Gasteiger partial charge in [0.1, 0.15) is 5.78 Å². The molecule has 0 saturated carbocycles. The van der Waals surface area contributed by atoms with Crippen LogP contribution in [-0.4, -0.2) is 11.8 Å². The van der Waals surface area contributed by atoms with Crippen molar-refractivity contribution in [3.05, 3.63) is 0 Å². The van der Waals surface area contributed by atoms with Crippen molar-refractivity contribution in [2.45, 2.75) is 71.8 Å². The van der Waals surface area contributed by atoms with Crippen LogP contribution >= 0.6 is 0 Å². The summed E-state index contributed by atoms with van der Waals surface area (Å²) in [7, 11) is 0. The normalized spacial score (nSPS) is 14.9.